The molecule has 9 heteroatoms. The Bertz CT molecular complexity index is 1290. The minimum atomic E-state index is -4.51. The summed E-state index contributed by atoms with van der Waals surface area (Å²) in [5.74, 6) is -1.10. The van der Waals surface area contributed by atoms with Crippen LogP contribution in [0.25, 0.3) is 0 Å². The van der Waals surface area contributed by atoms with E-state index in [1.54, 1.807) is 18.2 Å². The van der Waals surface area contributed by atoms with Crippen molar-refractivity contribution in [3.63, 3.8) is 0 Å². The number of benzene rings is 3. The SMILES string of the molecule is Fc1cc(N2CC3(CNC3)C2)cc(F)c1C1c2ccc(OCc3ccccc3)cc2CCN1CC(F)(F)F. The van der Waals surface area contributed by atoms with Crippen LogP contribution in [0.4, 0.5) is 27.6 Å². The number of hydrogen-bond donors (Lipinski definition) is 1. The number of rotatable bonds is 6. The van der Waals surface area contributed by atoms with Crippen molar-refractivity contribution in [1.29, 1.82) is 0 Å². The van der Waals surface area contributed by atoms with Gasteiger partial charge in [0.15, 0.2) is 0 Å². The van der Waals surface area contributed by atoms with Crippen LogP contribution in [-0.4, -0.2) is 50.3 Å². The molecule has 200 valence electrons. The number of ether oxygens (including phenoxy) is 1. The Labute approximate surface area is 218 Å². The van der Waals surface area contributed by atoms with Gasteiger partial charge in [0.05, 0.1) is 12.6 Å². The lowest BCUT2D eigenvalue weighted by Gasteiger charge is -2.57. The van der Waals surface area contributed by atoms with E-state index < -0.39 is 30.4 Å². The molecule has 1 unspecified atom stereocenters. The summed E-state index contributed by atoms with van der Waals surface area (Å²) in [4.78, 5) is 3.03. The molecule has 4 nitrogen and oxygen atoms in total. The van der Waals surface area contributed by atoms with Crippen molar-refractivity contribution < 1.29 is 26.7 Å². The van der Waals surface area contributed by atoms with Gasteiger partial charge in [-0.2, -0.15) is 13.2 Å². The minimum Gasteiger partial charge on any atom is -0.489 e. The fourth-order valence-corrected chi connectivity index (χ4v) is 5.89. The molecule has 1 spiro atoms. The van der Waals surface area contributed by atoms with Crippen LogP contribution >= 0.6 is 0 Å². The van der Waals surface area contributed by atoms with Crippen LogP contribution in [0.2, 0.25) is 0 Å². The fourth-order valence-electron chi connectivity index (χ4n) is 5.89. The molecule has 0 saturated carbocycles. The maximum absolute atomic E-state index is 15.6. The standard InChI is InChI=1S/C29H28F5N3O/c30-24-11-21(37-16-28(17-37)14-35-15-28)12-25(31)26(24)27-23-7-6-22(38-13-19-4-2-1-3-5-19)10-20(23)8-9-36(27)18-29(32,33)34/h1-7,10-12,27,35H,8-9,13-18H2. The molecule has 3 aliphatic heterocycles. The lowest BCUT2D eigenvalue weighted by atomic mass is 9.74. The van der Waals surface area contributed by atoms with Gasteiger partial charge in [0.1, 0.15) is 24.0 Å². The summed E-state index contributed by atoms with van der Waals surface area (Å²) in [7, 11) is 0. The first-order valence-electron chi connectivity index (χ1n) is 12.7. The van der Waals surface area contributed by atoms with Gasteiger partial charge in [0, 0.05) is 49.4 Å². The Kier molecular flexibility index (Phi) is 6.31. The molecular formula is C29H28F5N3O. The molecule has 0 radical (unpaired) electrons. The van der Waals surface area contributed by atoms with E-state index in [9.17, 15) is 13.2 Å². The molecule has 0 aromatic heterocycles. The third-order valence-electron chi connectivity index (χ3n) is 7.83. The van der Waals surface area contributed by atoms with Crippen LogP contribution in [-0.2, 0) is 13.0 Å². The number of fused-ring (bicyclic) bond motifs is 1. The smallest absolute Gasteiger partial charge is 0.401 e. The molecule has 3 heterocycles. The van der Waals surface area contributed by atoms with Gasteiger partial charge in [0.2, 0.25) is 0 Å². The summed E-state index contributed by atoms with van der Waals surface area (Å²) in [5, 5.41) is 3.22. The molecule has 38 heavy (non-hydrogen) atoms. The first kappa shape index (κ1) is 25.1. The third kappa shape index (κ3) is 4.85. The maximum Gasteiger partial charge on any atom is 0.401 e. The van der Waals surface area contributed by atoms with Crippen molar-refractivity contribution in [2.75, 3.05) is 44.2 Å². The molecular weight excluding hydrogens is 501 g/mol. The second-order valence-corrected chi connectivity index (χ2v) is 10.7. The number of anilines is 1. The number of alkyl halides is 3. The lowest BCUT2D eigenvalue weighted by Crippen LogP contribution is -2.71. The Balaban J connectivity index is 1.30. The van der Waals surface area contributed by atoms with Crippen molar-refractivity contribution in [3.8, 4) is 5.75 Å². The van der Waals surface area contributed by atoms with Gasteiger partial charge in [-0.3, -0.25) is 4.90 Å². The van der Waals surface area contributed by atoms with E-state index in [1.165, 1.54) is 12.1 Å². The van der Waals surface area contributed by atoms with Crippen LogP contribution in [0.3, 0.4) is 0 Å². The van der Waals surface area contributed by atoms with Gasteiger partial charge in [-0.15, -0.1) is 0 Å². The number of halogens is 5. The molecule has 0 aliphatic carbocycles. The molecule has 3 aromatic carbocycles. The van der Waals surface area contributed by atoms with Gasteiger partial charge in [-0.1, -0.05) is 36.4 Å². The zero-order chi connectivity index (χ0) is 26.5. The Hall–Kier alpha value is -3.17. The average molecular weight is 530 g/mol. The monoisotopic (exact) mass is 529 g/mol. The van der Waals surface area contributed by atoms with Crippen molar-refractivity contribution in [2.24, 2.45) is 5.41 Å². The third-order valence-corrected chi connectivity index (χ3v) is 7.83. The first-order valence-corrected chi connectivity index (χ1v) is 12.7. The summed E-state index contributed by atoms with van der Waals surface area (Å²) in [6.45, 7) is 2.27. The van der Waals surface area contributed by atoms with Gasteiger partial charge in [0.25, 0.3) is 0 Å². The second-order valence-electron chi connectivity index (χ2n) is 10.7. The molecule has 2 fully saturated rings. The summed E-state index contributed by atoms with van der Waals surface area (Å²) in [6.07, 6.45) is -4.19. The Morgan fingerprint density at radius 1 is 0.947 bits per heavy atom. The molecule has 1 atom stereocenters. The van der Waals surface area contributed by atoms with Crippen LogP contribution in [0.5, 0.6) is 5.75 Å². The van der Waals surface area contributed by atoms with E-state index in [-0.39, 0.29) is 17.5 Å². The lowest BCUT2D eigenvalue weighted by molar-refractivity contribution is -0.150. The second kappa shape index (κ2) is 9.54. The zero-order valence-corrected chi connectivity index (χ0v) is 20.7. The Morgan fingerprint density at radius 2 is 1.66 bits per heavy atom. The maximum atomic E-state index is 15.6. The predicted molar refractivity (Wildman–Crippen MR) is 134 cm³/mol. The molecule has 0 bridgehead atoms. The molecule has 3 aromatic rings. The van der Waals surface area contributed by atoms with Gasteiger partial charge >= 0.3 is 6.18 Å². The van der Waals surface area contributed by atoms with Gasteiger partial charge in [-0.25, -0.2) is 8.78 Å². The molecule has 2 saturated heterocycles. The highest BCUT2D eigenvalue weighted by atomic mass is 19.4. The van der Waals surface area contributed by atoms with Gasteiger partial charge in [-0.05, 0) is 47.4 Å². The van der Waals surface area contributed by atoms with Crippen LogP contribution < -0.4 is 15.0 Å². The quantitative estimate of drug-likeness (QED) is 0.429. The van der Waals surface area contributed by atoms with E-state index in [1.807, 2.05) is 35.2 Å². The predicted octanol–water partition coefficient (Wildman–Crippen LogP) is 5.46. The fraction of sp³-hybridized carbons (Fsp3) is 0.379. The topological polar surface area (TPSA) is 27.7 Å². The largest absolute Gasteiger partial charge is 0.489 e. The summed E-state index contributed by atoms with van der Waals surface area (Å²) in [5.41, 5.74) is 2.40. The molecule has 0 amide bonds. The minimum absolute atomic E-state index is 0.0155. The van der Waals surface area contributed by atoms with E-state index in [0.717, 1.165) is 29.1 Å². The summed E-state index contributed by atoms with van der Waals surface area (Å²) >= 11 is 0. The average Bonchev–Trinajstić information content (AvgIpc) is 2.81. The molecule has 3 aliphatic rings. The number of nitrogens with zero attached hydrogens (tertiary/aromatic N) is 2. The van der Waals surface area contributed by atoms with Crippen LogP contribution in [0.1, 0.15) is 28.3 Å². The van der Waals surface area contributed by atoms with E-state index >= 15 is 8.78 Å². The summed E-state index contributed by atoms with van der Waals surface area (Å²) < 4.78 is 77.6. The van der Waals surface area contributed by atoms with Crippen molar-refractivity contribution in [1.82, 2.24) is 10.2 Å². The highest BCUT2D eigenvalue weighted by molar-refractivity contribution is 5.55. The van der Waals surface area contributed by atoms with Crippen LogP contribution in [0, 0.1) is 17.0 Å². The summed E-state index contributed by atoms with van der Waals surface area (Å²) in [6, 6.07) is 16.0. The molecule has 6 rings (SSSR count). The Morgan fingerprint density at radius 3 is 2.29 bits per heavy atom. The van der Waals surface area contributed by atoms with E-state index in [4.69, 9.17) is 4.74 Å². The van der Waals surface area contributed by atoms with E-state index in [0.29, 0.717) is 43.1 Å². The van der Waals surface area contributed by atoms with Crippen LogP contribution in [0.15, 0.2) is 60.7 Å². The van der Waals surface area contributed by atoms with Gasteiger partial charge < -0.3 is 15.0 Å². The number of nitrogens with one attached hydrogen (secondary N) is 1. The highest BCUT2D eigenvalue weighted by Crippen LogP contribution is 2.43. The zero-order valence-electron chi connectivity index (χ0n) is 20.7. The van der Waals surface area contributed by atoms with Crippen molar-refractivity contribution in [3.05, 3.63) is 94.6 Å². The first-order chi connectivity index (χ1) is 18.2. The number of hydrogen-bond acceptors (Lipinski definition) is 4. The normalized spacial score (nSPS) is 20.6. The van der Waals surface area contributed by atoms with Crippen molar-refractivity contribution in [2.45, 2.75) is 25.2 Å². The van der Waals surface area contributed by atoms with Crippen molar-refractivity contribution >= 4 is 5.69 Å². The molecule has 1 N–H and O–H groups in total. The van der Waals surface area contributed by atoms with E-state index in [2.05, 4.69) is 5.32 Å². The highest BCUT2D eigenvalue weighted by Gasteiger charge is 2.48.